The molecular weight excluding hydrogens is 354 g/mol. The van der Waals surface area contributed by atoms with Gasteiger partial charge in [0.1, 0.15) is 0 Å². The van der Waals surface area contributed by atoms with Crippen molar-refractivity contribution in [3.05, 3.63) is 65.7 Å². The number of thioether (sulfide) groups is 1. The van der Waals surface area contributed by atoms with Crippen LogP contribution in [0.3, 0.4) is 0 Å². The first-order chi connectivity index (χ1) is 12.5. The van der Waals surface area contributed by atoms with E-state index in [1.165, 1.54) is 17.8 Å². The van der Waals surface area contributed by atoms with Gasteiger partial charge in [0.2, 0.25) is 5.91 Å². The molecule has 0 aromatic heterocycles. The molecule has 0 heterocycles. The van der Waals surface area contributed by atoms with Crippen molar-refractivity contribution < 1.29 is 13.6 Å². The number of hydrogen-bond donors (Lipinski definition) is 1. The van der Waals surface area contributed by atoms with Crippen LogP contribution < -0.4 is 5.32 Å². The van der Waals surface area contributed by atoms with Gasteiger partial charge in [-0.15, -0.1) is 11.8 Å². The van der Waals surface area contributed by atoms with Gasteiger partial charge in [0, 0.05) is 11.4 Å². The summed E-state index contributed by atoms with van der Waals surface area (Å²) in [4.78, 5) is 15.0. The number of carbonyl (C=O) groups is 1. The first-order valence-electron chi connectivity index (χ1n) is 8.68. The molecule has 2 aromatic rings. The number of halogens is 2. The van der Waals surface area contributed by atoms with E-state index in [4.69, 9.17) is 0 Å². The van der Waals surface area contributed by atoms with Crippen molar-refractivity contribution in [3.8, 4) is 0 Å². The highest BCUT2D eigenvalue weighted by Gasteiger charge is 2.18. The van der Waals surface area contributed by atoms with E-state index >= 15 is 0 Å². The number of carbonyl (C=O) groups excluding carboxylic acids is 1. The number of likely N-dealkylation sites (N-methyl/N-ethyl adjacent to an activating group) is 1. The molecule has 1 unspecified atom stereocenters. The summed E-state index contributed by atoms with van der Waals surface area (Å²) in [6.45, 7) is 6.47. The molecule has 140 valence electrons. The van der Waals surface area contributed by atoms with E-state index < -0.39 is 11.6 Å². The van der Waals surface area contributed by atoms with Gasteiger partial charge in [-0.3, -0.25) is 9.69 Å². The van der Waals surface area contributed by atoms with Crippen LogP contribution in [0.15, 0.2) is 53.4 Å². The van der Waals surface area contributed by atoms with Gasteiger partial charge in [0.05, 0.1) is 11.8 Å². The lowest BCUT2D eigenvalue weighted by molar-refractivity contribution is -0.118. The number of nitrogens with zero attached hydrogens (tertiary/aromatic N) is 1. The fourth-order valence-corrected chi connectivity index (χ4v) is 3.53. The average molecular weight is 378 g/mol. The lowest BCUT2D eigenvalue weighted by Gasteiger charge is -2.30. The normalized spacial score (nSPS) is 12.2. The smallest absolute Gasteiger partial charge is 0.230 e. The van der Waals surface area contributed by atoms with Crippen LogP contribution in [0.2, 0.25) is 0 Å². The van der Waals surface area contributed by atoms with Gasteiger partial charge in [0.15, 0.2) is 11.6 Å². The summed E-state index contributed by atoms with van der Waals surface area (Å²) in [5, 5.41) is 2.96. The minimum atomic E-state index is -0.902. The molecule has 0 radical (unpaired) electrons. The molecule has 0 saturated carbocycles. The maximum Gasteiger partial charge on any atom is 0.230 e. The molecule has 6 heteroatoms. The molecule has 0 aliphatic rings. The Morgan fingerprint density at radius 1 is 1.08 bits per heavy atom. The van der Waals surface area contributed by atoms with Crippen LogP contribution in [0.25, 0.3) is 0 Å². The van der Waals surface area contributed by atoms with Crippen molar-refractivity contribution in [2.24, 2.45) is 0 Å². The van der Waals surface area contributed by atoms with Gasteiger partial charge >= 0.3 is 0 Å². The van der Waals surface area contributed by atoms with Crippen molar-refractivity contribution in [2.75, 3.05) is 25.4 Å². The summed E-state index contributed by atoms with van der Waals surface area (Å²) in [6, 6.07) is 13.8. The van der Waals surface area contributed by atoms with Crippen molar-refractivity contribution >= 4 is 17.7 Å². The molecule has 2 aromatic carbocycles. The van der Waals surface area contributed by atoms with Crippen LogP contribution in [0, 0.1) is 11.6 Å². The van der Waals surface area contributed by atoms with Gasteiger partial charge in [-0.25, -0.2) is 8.78 Å². The zero-order chi connectivity index (χ0) is 18.9. The Kier molecular flexibility index (Phi) is 8.06. The summed E-state index contributed by atoms with van der Waals surface area (Å²) in [6.07, 6.45) is 0. The third kappa shape index (κ3) is 5.81. The van der Waals surface area contributed by atoms with Crippen LogP contribution in [-0.4, -0.2) is 36.2 Å². The number of amides is 1. The Hall–Kier alpha value is -1.92. The highest BCUT2D eigenvalue weighted by Crippen LogP contribution is 2.21. The molecule has 0 aliphatic heterocycles. The highest BCUT2D eigenvalue weighted by atomic mass is 32.2. The van der Waals surface area contributed by atoms with Gasteiger partial charge in [0.25, 0.3) is 0 Å². The largest absolute Gasteiger partial charge is 0.353 e. The average Bonchev–Trinajstić information content (AvgIpc) is 2.66. The summed E-state index contributed by atoms with van der Waals surface area (Å²) in [7, 11) is 0. The maximum atomic E-state index is 13.2. The van der Waals surface area contributed by atoms with Crippen LogP contribution >= 0.6 is 11.8 Å². The number of nitrogens with one attached hydrogen (secondary N) is 1. The van der Waals surface area contributed by atoms with E-state index in [0.717, 1.165) is 30.8 Å². The van der Waals surface area contributed by atoms with Crippen molar-refractivity contribution in [1.29, 1.82) is 0 Å². The molecule has 0 fully saturated rings. The van der Waals surface area contributed by atoms with E-state index in [-0.39, 0.29) is 17.7 Å². The molecule has 26 heavy (non-hydrogen) atoms. The number of rotatable bonds is 9. The van der Waals surface area contributed by atoms with Gasteiger partial charge in [-0.05, 0) is 36.9 Å². The van der Waals surface area contributed by atoms with E-state index in [1.807, 2.05) is 18.2 Å². The number of hydrogen-bond acceptors (Lipinski definition) is 3. The Labute approximate surface area is 157 Å². The molecule has 1 N–H and O–H groups in total. The molecule has 0 aliphatic carbocycles. The Balaban J connectivity index is 1.92. The predicted octanol–water partition coefficient (Wildman–Crippen LogP) is 4.26. The standard InChI is InChI=1S/C20H24F2N2OS/c1-3-24(4-2)19(15-8-6-5-7-9-15)13-23-20(25)14-26-16-10-11-17(21)18(22)12-16/h5-12,19H,3-4,13-14H2,1-2H3,(H,23,25). The Morgan fingerprint density at radius 3 is 2.38 bits per heavy atom. The van der Waals surface area contributed by atoms with Crippen molar-refractivity contribution in [1.82, 2.24) is 10.2 Å². The Bertz CT molecular complexity index is 708. The van der Waals surface area contributed by atoms with E-state index in [2.05, 4.69) is 36.2 Å². The molecule has 1 amide bonds. The number of benzene rings is 2. The second-order valence-corrected chi connectivity index (χ2v) is 6.87. The zero-order valence-electron chi connectivity index (χ0n) is 15.0. The van der Waals surface area contributed by atoms with E-state index in [0.29, 0.717) is 11.4 Å². The maximum absolute atomic E-state index is 13.2. The van der Waals surface area contributed by atoms with Gasteiger partial charge in [-0.1, -0.05) is 44.2 Å². The topological polar surface area (TPSA) is 32.3 Å². The molecule has 1 atom stereocenters. The van der Waals surface area contributed by atoms with Gasteiger partial charge < -0.3 is 5.32 Å². The lowest BCUT2D eigenvalue weighted by Crippen LogP contribution is -2.38. The van der Waals surface area contributed by atoms with E-state index in [1.54, 1.807) is 0 Å². The van der Waals surface area contributed by atoms with E-state index in [9.17, 15) is 13.6 Å². The molecule has 3 nitrogen and oxygen atoms in total. The van der Waals surface area contributed by atoms with Crippen molar-refractivity contribution in [3.63, 3.8) is 0 Å². The fourth-order valence-electron chi connectivity index (χ4n) is 2.77. The summed E-state index contributed by atoms with van der Waals surface area (Å²) < 4.78 is 26.2. The fraction of sp³-hybridized carbons (Fsp3) is 0.350. The summed E-state index contributed by atoms with van der Waals surface area (Å²) in [5.74, 6) is -1.76. The predicted molar refractivity (Wildman–Crippen MR) is 102 cm³/mol. The first kappa shape index (κ1) is 20.4. The highest BCUT2D eigenvalue weighted by molar-refractivity contribution is 8.00. The van der Waals surface area contributed by atoms with Crippen LogP contribution in [0.5, 0.6) is 0 Å². The summed E-state index contributed by atoms with van der Waals surface area (Å²) >= 11 is 1.19. The zero-order valence-corrected chi connectivity index (χ0v) is 15.9. The molecule has 0 saturated heterocycles. The van der Waals surface area contributed by atoms with Crippen LogP contribution in [-0.2, 0) is 4.79 Å². The molecule has 0 bridgehead atoms. The Morgan fingerprint density at radius 2 is 1.77 bits per heavy atom. The minimum Gasteiger partial charge on any atom is -0.353 e. The minimum absolute atomic E-state index is 0.100. The van der Waals surface area contributed by atoms with Crippen LogP contribution in [0.1, 0.15) is 25.5 Å². The molecule has 2 rings (SSSR count). The van der Waals surface area contributed by atoms with Crippen molar-refractivity contribution in [2.45, 2.75) is 24.8 Å². The SMILES string of the molecule is CCN(CC)C(CNC(=O)CSc1ccc(F)c(F)c1)c1ccccc1. The second kappa shape index (κ2) is 10.3. The monoisotopic (exact) mass is 378 g/mol. The molecular formula is C20H24F2N2OS. The van der Waals surface area contributed by atoms with Crippen LogP contribution in [0.4, 0.5) is 8.78 Å². The lowest BCUT2D eigenvalue weighted by atomic mass is 10.1. The summed E-state index contributed by atoms with van der Waals surface area (Å²) in [5.41, 5.74) is 1.16. The third-order valence-corrected chi connectivity index (χ3v) is 5.18. The first-order valence-corrected chi connectivity index (χ1v) is 9.67. The van der Waals surface area contributed by atoms with Gasteiger partial charge in [-0.2, -0.15) is 0 Å². The quantitative estimate of drug-likeness (QED) is 0.662. The molecule has 0 spiro atoms. The third-order valence-electron chi connectivity index (χ3n) is 4.19. The second-order valence-electron chi connectivity index (χ2n) is 5.82.